The maximum Gasteiger partial charge on any atom is 0.332 e. The molecule has 0 aliphatic rings. The van der Waals surface area contributed by atoms with Crippen LogP contribution in [0.15, 0.2) is 33.9 Å². The molecule has 3 aromatic heterocycles. The molecule has 4 rings (SSSR count). The molecule has 0 saturated heterocycles. The molecule has 0 radical (unpaired) electrons. The molecule has 28 heavy (non-hydrogen) atoms. The molecule has 0 fully saturated rings. The van der Waals surface area contributed by atoms with Crippen LogP contribution in [0.3, 0.4) is 0 Å². The number of hydrogen-bond acceptors (Lipinski definition) is 4. The number of fused-ring (bicyclic) bond motifs is 3. The summed E-state index contributed by atoms with van der Waals surface area (Å²) in [4.78, 5) is 30.8. The van der Waals surface area contributed by atoms with Gasteiger partial charge in [-0.05, 0) is 26.3 Å². The lowest BCUT2D eigenvalue weighted by Crippen LogP contribution is -2.39. The lowest BCUT2D eigenvalue weighted by Gasteiger charge is -2.09. The summed E-state index contributed by atoms with van der Waals surface area (Å²) in [5, 5.41) is 9.39. The first-order chi connectivity index (χ1) is 13.3. The van der Waals surface area contributed by atoms with Gasteiger partial charge < -0.3 is 9.67 Å². The number of rotatable bonds is 4. The number of hydrogen-bond donors (Lipinski definition) is 1. The fourth-order valence-corrected chi connectivity index (χ4v) is 3.82. The van der Waals surface area contributed by atoms with E-state index in [-0.39, 0.29) is 18.7 Å². The third kappa shape index (κ3) is 2.52. The average Bonchev–Trinajstić information content (AvgIpc) is 3.16. The summed E-state index contributed by atoms with van der Waals surface area (Å²) in [6.45, 7) is 6.35. The third-order valence-corrected chi connectivity index (χ3v) is 5.38. The van der Waals surface area contributed by atoms with E-state index in [4.69, 9.17) is 0 Å². The zero-order chi connectivity index (χ0) is 20.2. The van der Waals surface area contributed by atoms with Crippen LogP contribution >= 0.6 is 0 Å². The Kier molecular flexibility index (Phi) is 4.23. The molecular weight excluding hydrogens is 358 g/mol. The summed E-state index contributed by atoms with van der Waals surface area (Å²) < 4.78 is 6.32. The molecular formula is C20H23N5O3. The summed E-state index contributed by atoms with van der Waals surface area (Å²) in [6, 6.07) is 7.76. The van der Waals surface area contributed by atoms with Gasteiger partial charge in [0, 0.05) is 25.0 Å². The highest BCUT2D eigenvalue weighted by molar-refractivity contribution is 5.76. The number of benzene rings is 1. The first-order valence-corrected chi connectivity index (χ1v) is 9.19. The largest absolute Gasteiger partial charge is 0.395 e. The van der Waals surface area contributed by atoms with Gasteiger partial charge in [-0.2, -0.15) is 4.98 Å². The van der Waals surface area contributed by atoms with Crippen LogP contribution in [0.25, 0.3) is 16.9 Å². The molecule has 0 amide bonds. The summed E-state index contributed by atoms with van der Waals surface area (Å²) in [5.74, 6) is 0.555. The van der Waals surface area contributed by atoms with Crippen LogP contribution in [-0.2, 0) is 20.1 Å². The molecule has 0 unspecified atom stereocenters. The van der Waals surface area contributed by atoms with Crippen molar-refractivity contribution in [2.45, 2.75) is 33.9 Å². The smallest absolute Gasteiger partial charge is 0.332 e. The van der Waals surface area contributed by atoms with Gasteiger partial charge in [0.25, 0.3) is 5.56 Å². The SMILES string of the molecule is Cc1cccc(Cn2c(=O)c3c(nc4n(CCO)c(C)c(C)n34)n(C)c2=O)c1. The van der Waals surface area contributed by atoms with Crippen molar-refractivity contribution < 1.29 is 5.11 Å². The van der Waals surface area contributed by atoms with Crippen molar-refractivity contribution in [3.8, 4) is 0 Å². The molecule has 0 bridgehead atoms. The first kappa shape index (κ1) is 18.2. The number of aryl methyl sites for hydroxylation is 3. The van der Waals surface area contributed by atoms with E-state index in [1.54, 1.807) is 11.4 Å². The molecule has 8 heteroatoms. The highest BCUT2D eigenvalue weighted by Gasteiger charge is 2.22. The van der Waals surface area contributed by atoms with Crippen LogP contribution in [0.1, 0.15) is 22.5 Å². The monoisotopic (exact) mass is 381 g/mol. The zero-order valence-corrected chi connectivity index (χ0v) is 16.4. The molecule has 0 spiro atoms. The molecule has 1 aromatic carbocycles. The fourth-order valence-electron chi connectivity index (χ4n) is 3.82. The van der Waals surface area contributed by atoms with E-state index in [0.717, 1.165) is 22.5 Å². The molecule has 0 saturated carbocycles. The van der Waals surface area contributed by atoms with Crippen molar-refractivity contribution in [1.29, 1.82) is 0 Å². The van der Waals surface area contributed by atoms with Crippen molar-refractivity contribution in [3.05, 3.63) is 67.6 Å². The molecule has 146 valence electrons. The van der Waals surface area contributed by atoms with Crippen LogP contribution in [-0.4, -0.2) is 34.8 Å². The topological polar surface area (TPSA) is 86.5 Å². The van der Waals surface area contributed by atoms with Crippen molar-refractivity contribution in [2.24, 2.45) is 7.05 Å². The maximum atomic E-state index is 13.3. The minimum Gasteiger partial charge on any atom is -0.395 e. The van der Waals surface area contributed by atoms with Crippen molar-refractivity contribution >= 4 is 16.9 Å². The van der Waals surface area contributed by atoms with E-state index in [1.165, 1.54) is 9.13 Å². The van der Waals surface area contributed by atoms with Gasteiger partial charge in [-0.25, -0.2) is 4.79 Å². The highest BCUT2D eigenvalue weighted by atomic mass is 16.3. The molecule has 1 N–H and O–H groups in total. The van der Waals surface area contributed by atoms with Gasteiger partial charge in [-0.3, -0.25) is 18.3 Å². The van der Waals surface area contributed by atoms with Gasteiger partial charge in [0.2, 0.25) is 5.78 Å². The Bertz CT molecular complexity index is 1340. The third-order valence-electron chi connectivity index (χ3n) is 5.38. The maximum absolute atomic E-state index is 13.3. The van der Waals surface area contributed by atoms with Gasteiger partial charge in [0.15, 0.2) is 11.2 Å². The van der Waals surface area contributed by atoms with E-state index in [0.29, 0.717) is 23.5 Å². The average molecular weight is 381 g/mol. The van der Waals surface area contributed by atoms with Gasteiger partial charge >= 0.3 is 5.69 Å². The Morgan fingerprint density at radius 2 is 1.82 bits per heavy atom. The lowest BCUT2D eigenvalue weighted by molar-refractivity contribution is 0.276. The van der Waals surface area contributed by atoms with E-state index in [9.17, 15) is 14.7 Å². The second kappa shape index (κ2) is 6.49. The fraction of sp³-hybridized carbons (Fsp3) is 0.350. The van der Waals surface area contributed by atoms with Gasteiger partial charge in [-0.1, -0.05) is 29.8 Å². The number of aromatic nitrogens is 5. The first-order valence-electron chi connectivity index (χ1n) is 9.19. The Labute approximate surface area is 160 Å². The van der Waals surface area contributed by atoms with E-state index in [2.05, 4.69) is 4.98 Å². The van der Waals surface area contributed by atoms with Gasteiger partial charge in [0.05, 0.1) is 13.2 Å². The standard InChI is InChI=1S/C20H23N5O3/c1-12-6-5-7-15(10-12)11-24-18(27)16-17(22(4)20(24)28)21-19-23(8-9-26)13(2)14(3)25(16)19/h5-7,10,26H,8-9,11H2,1-4H3. The Balaban J connectivity index is 2.06. The molecule has 4 aromatic rings. The van der Waals surface area contributed by atoms with Crippen molar-refractivity contribution in [3.63, 3.8) is 0 Å². The Morgan fingerprint density at radius 3 is 2.50 bits per heavy atom. The molecule has 3 heterocycles. The zero-order valence-electron chi connectivity index (χ0n) is 16.4. The normalized spacial score (nSPS) is 11.8. The van der Waals surface area contributed by atoms with Crippen LogP contribution in [0.5, 0.6) is 0 Å². The summed E-state index contributed by atoms with van der Waals surface area (Å²) in [7, 11) is 1.63. The molecule has 0 aliphatic carbocycles. The Morgan fingerprint density at radius 1 is 1.07 bits per heavy atom. The molecule has 0 aliphatic heterocycles. The van der Waals surface area contributed by atoms with Crippen LogP contribution in [0.2, 0.25) is 0 Å². The summed E-state index contributed by atoms with van der Waals surface area (Å²) >= 11 is 0. The second-order valence-corrected chi connectivity index (χ2v) is 7.19. The van der Waals surface area contributed by atoms with Crippen LogP contribution in [0.4, 0.5) is 0 Å². The van der Waals surface area contributed by atoms with Gasteiger partial charge in [-0.15, -0.1) is 0 Å². The van der Waals surface area contributed by atoms with Crippen LogP contribution < -0.4 is 11.2 Å². The predicted molar refractivity (Wildman–Crippen MR) is 107 cm³/mol. The number of aliphatic hydroxyl groups is 1. The quantitative estimate of drug-likeness (QED) is 0.574. The molecule has 8 nitrogen and oxygen atoms in total. The van der Waals surface area contributed by atoms with E-state index in [1.807, 2.05) is 49.6 Å². The van der Waals surface area contributed by atoms with E-state index < -0.39 is 5.69 Å². The summed E-state index contributed by atoms with van der Waals surface area (Å²) in [6.07, 6.45) is 0. The summed E-state index contributed by atoms with van der Waals surface area (Å²) in [5.41, 5.74) is 3.72. The minimum atomic E-state index is -0.400. The second-order valence-electron chi connectivity index (χ2n) is 7.19. The predicted octanol–water partition coefficient (Wildman–Crippen LogP) is 1.12. The minimum absolute atomic E-state index is 0.0374. The highest BCUT2D eigenvalue weighted by Crippen LogP contribution is 2.20. The van der Waals surface area contributed by atoms with Gasteiger partial charge in [0.1, 0.15) is 0 Å². The number of imidazole rings is 2. The lowest BCUT2D eigenvalue weighted by atomic mass is 10.1. The van der Waals surface area contributed by atoms with Crippen molar-refractivity contribution in [2.75, 3.05) is 6.61 Å². The van der Waals surface area contributed by atoms with E-state index >= 15 is 0 Å². The molecule has 0 atom stereocenters. The van der Waals surface area contributed by atoms with Crippen molar-refractivity contribution in [1.82, 2.24) is 23.1 Å². The number of nitrogens with zero attached hydrogens (tertiary/aromatic N) is 5. The Hall–Kier alpha value is -3.13. The number of aliphatic hydroxyl groups excluding tert-OH is 1. The van der Waals surface area contributed by atoms with Crippen LogP contribution in [0, 0.1) is 20.8 Å².